The number of carbonyl (C=O) groups is 2. The van der Waals surface area contributed by atoms with E-state index in [0.29, 0.717) is 5.89 Å². The summed E-state index contributed by atoms with van der Waals surface area (Å²) in [5, 5.41) is 17.9. The second-order valence-corrected chi connectivity index (χ2v) is 3.53. The van der Waals surface area contributed by atoms with Crippen LogP contribution in [0.3, 0.4) is 0 Å². The zero-order valence-electron chi connectivity index (χ0n) is 9.47. The molecule has 0 aliphatic rings. The largest absolute Gasteiger partial charge is 0.480 e. The summed E-state index contributed by atoms with van der Waals surface area (Å²) < 4.78 is 9.70. The number of rotatable bonds is 6. The van der Waals surface area contributed by atoms with Gasteiger partial charge in [0.25, 0.3) is 5.91 Å². The fourth-order valence-electron chi connectivity index (χ4n) is 0.905. The van der Waals surface area contributed by atoms with E-state index in [1.165, 1.54) is 0 Å². The SMILES string of the molecule is CC(C)c1nnc(NC(=O)COCC(=O)O)o1. The molecule has 0 fully saturated rings. The number of ether oxygens (including phenoxy) is 1. The molecule has 0 spiro atoms. The predicted molar refractivity (Wildman–Crippen MR) is 55.5 cm³/mol. The number of anilines is 1. The predicted octanol–water partition coefficient (Wildman–Crippen LogP) is 0.233. The summed E-state index contributed by atoms with van der Waals surface area (Å²) in [6.45, 7) is 2.82. The lowest BCUT2D eigenvalue weighted by atomic mass is 10.2. The zero-order chi connectivity index (χ0) is 12.8. The molecular formula is C9H13N3O5. The number of nitrogens with zero attached hydrogens (tertiary/aromatic N) is 2. The Balaban J connectivity index is 2.37. The summed E-state index contributed by atoms with van der Waals surface area (Å²) in [5.74, 6) is -1.22. The lowest BCUT2D eigenvalue weighted by Crippen LogP contribution is -2.20. The molecule has 1 aromatic heterocycles. The molecule has 0 radical (unpaired) electrons. The van der Waals surface area contributed by atoms with Crippen molar-refractivity contribution in [2.24, 2.45) is 0 Å². The highest BCUT2D eigenvalue weighted by molar-refractivity contribution is 5.89. The molecular weight excluding hydrogens is 230 g/mol. The second kappa shape index (κ2) is 5.94. The van der Waals surface area contributed by atoms with E-state index in [9.17, 15) is 9.59 Å². The average molecular weight is 243 g/mol. The van der Waals surface area contributed by atoms with Gasteiger partial charge in [-0.15, -0.1) is 5.10 Å². The highest BCUT2D eigenvalue weighted by atomic mass is 16.5. The van der Waals surface area contributed by atoms with Crippen LogP contribution in [0.4, 0.5) is 6.01 Å². The number of aliphatic carboxylic acids is 1. The van der Waals surface area contributed by atoms with Crippen LogP contribution in [0.25, 0.3) is 0 Å². The van der Waals surface area contributed by atoms with Gasteiger partial charge in [0.05, 0.1) is 0 Å². The number of carboxylic acid groups (broad SMARTS) is 1. The van der Waals surface area contributed by atoms with E-state index in [4.69, 9.17) is 9.52 Å². The molecule has 0 aromatic carbocycles. The first kappa shape index (κ1) is 13.1. The van der Waals surface area contributed by atoms with E-state index in [0.717, 1.165) is 0 Å². The van der Waals surface area contributed by atoms with Crippen LogP contribution in [-0.4, -0.2) is 40.4 Å². The molecule has 1 amide bonds. The lowest BCUT2D eigenvalue weighted by Gasteiger charge is -2.00. The van der Waals surface area contributed by atoms with Gasteiger partial charge in [0.2, 0.25) is 5.89 Å². The van der Waals surface area contributed by atoms with Crippen molar-refractivity contribution in [2.75, 3.05) is 18.5 Å². The molecule has 0 aliphatic carbocycles. The normalized spacial score (nSPS) is 10.5. The van der Waals surface area contributed by atoms with Crippen LogP contribution in [-0.2, 0) is 14.3 Å². The van der Waals surface area contributed by atoms with E-state index >= 15 is 0 Å². The molecule has 8 nitrogen and oxygen atoms in total. The van der Waals surface area contributed by atoms with Gasteiger partial charge in [-0.05, 0) is 0 Å². The number of amides is 1. The minimum absolute atomic E-state index is 0.0300. The maximum Gasteiger partial charge on any atom is 0.329 e. The van der Waals surface area contributed by atoms with Crippen LogP contribution in [0, 0.1) is 0 Å². The Morgan fingerprint density at radius 3 is 2.65 bits per heavy atom. The van der Waals surface area contributed by atoms with Crippen molar-refractivity contribution < 1.29 is 23.8 Å². The lowest BCUT2D eigenvalue weighted by molar-refractivity contribution is -0.143. The van der Waals surface area contributed by atoms with E-state index in [2.05, 4.69) is 20.3 Å². The van der Waals surface area contributed by atoms with Gasteiger partial charge in [-0.1, -0.05) is 18.9 Å². The zero-order valence-corrected chi connectivity index (χ0v) is 9.47. The Morgan fingerprint density at radius 1 is 1.41 bits per heavy atom. The van der Waals surface area contributed by atoms with Gasteiger partial charge < -0.3 is 14.3 Å². The Hall–Kier alpha value is -1.96. The summed E-state index contributed by atoms with van der Waals surface area (Å²) in [6, 6.07) is -0.0300. The van der Waals surface area contributed by atoms with Gasteiger partial charge in [-0.3, -0.25) is 10.1 Å². The molecule has 0 bridgehead atoms. The molecule has 0 aliphatic heterocycles. The third kappa shape index (κ3) is 4.60. The summed E-state index contributed by atoms with van der Waals surface area (Å²) in [7, 11) is 0. The third-order valence-electron chi connectivity index (χ3n) is 1.64. The van der Waals surface area contributed by atoms with Gasteiger partial charge in [0, 0.05) is 5.92 Å². The van der Waals surface area contributed by atoms with E-state index in [1.54, 1.807) is 0 Å². The van der Waals surface area contributed by atoms with Crippen molar-refractivity contribution in [3.05, 3.63) is 5.89 Å². The van der Waals surface area contributed by atoms with Crippen LogP contribution in [0.15, 0.2) is 4.42 Å². The fourth-order valence-corrected chi connectivity index (χ4v) is 0.905. The van der Waals surface area contributed by atoms with Crippen molar-refractivity contribution in [3.63, 3.8) is 0 Å². The Morgan fingerprint density at radius 2 is 2.12 bits per heavy atom. The quantitative estimate of drug-likeness (QED) is 0.734. The standard InChI is InChI=1S/C9H13N3O5/c1-5(2)8-11-12-9(17-8)10-6(13)3-16-4-7(14)15/h5H,3-4H2,1-2H3,(H,14,15)(H,10,12,13). The molecule has 1 heterocycles. The molecule has 8 heteroatoms. The number of nitrogens with one attached hydrogen (secondary N) is 1. The Labute approximate surface area is 97.0 Å². The van der Waals surface area contributed by atoms with Crippen LogP contribution in [0.5, 0.6) is 0 Å². The minimum atomic E-state index is -1.14. The van der Waals surface area contributed by atoms with Crippen molar-refractivity contribution in [3.8, 4) is 0 Å². The first-order chi connectivity index (χ1) is 7.99. The van der Waals surface area contributed by atoms with Crippen LogP contribution >= 0.6 is 0 Å². The summed E-state index contributed by atoms with van der Waals surface area (Å²) in [4.78, 5) is 21.3. The maximum absolute atomic E-state index is 11.2. The first-order valence-electron chi connectivity index (χ1n) is 4.92. The van der Waals surface area contributed by atoms with E-state index < -0.39 is 18.5 Å². The number of hydrogen-bond donors (Lipinski definition) is 2. The number of hydrogen-bond acceptors (Lipinski definition) is 6. The Bertz CT molecular complexity index is 401. The summed E-state index contributed by atoms with van der Waals surface area (Å²) in [6.07, 6.45) is 0. The summed E-state index contributed by atoms with van der Waals surface area (Å²) in [5.41, 5.74) is 0. The molecule has 17 heavy (non-hydrogen) atoms. The van der Waals surface area contributed by atoms with Crippen LogP contribution < -0.4 is 5.32 Å². The monoisotopic (exact) mass is 243 g/mol. The van der Waals surface area contributed by atoms with Crippen molar-refractivity contribution >= 4 is 17.9 Å². The number of aromatic nitrogens is 2. The fraction of sp³-hybridized carbons (Fsp3) is 0.556. The van der Waals surface area contributed by atoms with Crippen molar-refractivity contribution in [1.82, 2.24) is 10.2 Å². The molecule has 2 N–H and O–H groups in total. The maximum atomic E-state index is 11.2. The minimum Gasteiger partial charge on any atom is -0.480 e. The Kier molecular flexibility index (Phi) is 4.58. The third-order valence-corrected chi connectivity index (χ3v) is 1.64. The first-order valence-corrected chi connectivity index (χ1v) is 4.92. The molecule has 0 saturated carbocycles. The number of carboxylic acids is 1. The molecule has 1 aromatic rings. The van der Waals surface area contributed by atoms with Gasteiger partial charge in [0.15, 0.2) is 0 Å². The summed E-state index contributed by atoms with van der Waals surface area (Å²) >= 11 is 0. The van der Waals surface area contributed by atoms with E-state index in [-0.39, 0.29) is 18.5 Å². The molecule has 0 atom stereocenters. The smallest absolute Gasteiger partial charge is 0.329 e. The van der Waals surface area contributed by atoms with Gasteiger partial charge in [0.1, 0.15) is 13.2 Å². The van der Waals surface area contributed by atoms with Crippen LogP contribution in [0.2, 0.25) is 0 Å². The molecule has 0 unspecified atom stereocenters. The highest BCUT2D eigenvalue weighted by Gasteiger charge is 2.12. The van der Waals surface area contributed by atoms with Crippen molar-refractivity contribution in [2.45, 2.75) is 19.8 Å². The van der Waals surface area contributed by atoms with Crippen molar-refractivity contribution in [1.29, 1.82) is 0 Å². The topological polar surface area (TPSA) is 115 Å². The van der Waals surface area contributed by atoms with Crippen LogP contribution in [0.1, 0.15) is 25.7 Å². The second-order valence-electron chi connectivity index (χ2n) is 3.53. The van der Waals surface area contributed by atoms with Gasteiger partial charge >= 0.3 is 12.0 Å². The molecule has 94 valence electrons. The average Bonchev–Trinajstić information content (AvgIpc) is 2.65. The van der Waals surface area contributed by atoms with Gasteiger partial charge in [-0.25, -0.2) is 4.79 Å². The molecule has 1 rings (SSSR count). The molecule has 0 saturated heterocycles. The van der Waals surface area contributed by atoms with E-state index in [1.807, 2.05) is 13.8 Å². The number of carbonyl (C=O) groups excluding carboxylic acids is 1. The highest BCUT2D eigenvalue weighted by Crippen LogP contribution is 2.14. The van der Waals surface area contributed by atoms with Gasteiger partial charge in [-0.2, -0.15) is 0 Å².